The van der Waals surface area contributed by atoms with Crippen LogP contribution in [0.1, 0.15) is 56.1 Å². The number of nitrogens with zero attached hydrogens (tertiary/aromatic N) is 1. The first kappa shape index (κ1) is 16.1. The number of ether oxygens (including phenoxy) is 1. The fraction of sp³-hybridized carbons (Fsp3) is 0.700. The van der Waals surface area contributed by atoms with Gasteiger partial charge in [-0.15, -0.1) is 0 Å². The summed E-state index contributed by atoms with van der Waals surface area (Å²) in [5, 5.41) is 10.7. The van der Waals surface area contributed by atoms with E-state index in [2.05, 4.69) is 11.9 Å². The zero-order valence-electron chi connectivity index (χ0n) is 14.8. The summed E-state index contributed by atoms with van der Waals surface area (Å²) in [6.45, 7) is 2.29. The summed E-state index contributed by atoms with van der Waals surface area (Å²) < 4.78 is 5.83. The minimum Gasteiger partial charge on any atom is -0.504 e. The number of hydrogen-bond donors (Lipinski definition) is 2. The largest absolute Gasteiger partial charge is 0.504 e. The standard InChI is InChI=1S/C20H30N2O2/c1-22-11-12-24-19-17(23)13-16-15(18(19)22)7-6-14-5-2-3-8-20(14,16)9-4-10-21/h13-14,23H,2-12,21H2,1H3/t14?,20-/m0/s1. The van der Waals surface area contributed by atoms with Crippen LogP contribution in [0.25, 0.3) is 0 Å². The van der Waals surface area contributed by atoms with Gasteiger partial charge in [0.05, 0.1) is 12.2 Å². The molecule has 0 amide bonds. The molecular weight excluding hydrogens is 300 g/mol. The van der Waals surface area contributed by atoms with Crippen LogP contribution < -0.4 is 15.4 Å². The van der Waals surface area contributed by atoms with E-state index in [1.54, 1.807) is 0 Å². The highest BCUT2D eigenvalue weighted by Gasteiger charge is 2.46. The molecule has 3 aliphatic rings. The molecular formula is C20H30N2O2. The molecule has 0 saturated heterocycles. The van der Waals surface area contributed by atoms with Crippen LogP contribution in [0.3, 0.4) is 0 Å². The molecule has 1 aromatic carbocycles. The maximum absolute atomic E-state index is 10.7. The van der Waals surface area contributed by atoms with E-state index >= 15 is 0 Å². The van der Waals surface area contributed by atoms with Gasteiger partial charge in [0.15, 0.2) is 11.5 Å². The molecule has 0 spiro atoms. The van der Waals surface area contributed by atoms with Gasteiger partial charge in [-0.3, -0.25) is 0 Å². The van der Waals surface area contributed by atoms with E-state index in [1.165, 1.54) is 43.2 Å². The van der Waals surface area contributed by atoms with Crippen molar-refractivity contribution in [3.8, 4) is 11.5 Å². The first-order valence-corrected chi connectivity index (χ1v) is 9.60. The van der Waals surface area contributed by atoms with Gasteiger partial charge in [0.2, 0.25) is 0 Å². The van der Waals surface area contributed by atoms with Crippen molar-refractivity contribution >= 4 is 5.69 Å². The molecule has 1 saturated carbocycles. The second kappa shape index (κ2) is 6.14. The first-order chi connectivity index (χ1) is 11.7. The Morgan fingerprint density at radius 2 is 2.25 bits per heavy atom. The number of anilines is 1. The maximum Gasteiger partial charge on any atom is 0.184 e. The molecule has 4 heteroatoms. The highest BCUT2D eigenvalue weighted by atomic mass is 16.5. The molecule has 3 N–H and O–H groups in total. The summed E-state index contributed by atoms with van der Waals surface area (Å²) >= 11 is 0. The topological polar surface area (TPSA) is 58.7 Å². The van der Waals surface area contributed by atoms with Crippen molar-refractivity contribution in [2.45, 2.75) is 56.8 Å². The summed E-state index contributed by atoms with van der Waals surface area (Å²) in [5.74, 6) is 1.77. The monoisotopic (exact) mass is 330 g/mol. The van der Waals surface area contributed by atoms with Crippen LogP contribution >= 0.6 is 0 Å². The Balaban J connectivity index is 1.88. The van der Waals surface area contributed by atoms with Crippen LogP contribution in [0.5, 0.6) is 11.5 Å². The third kappa shape index (κ3) is 2.30. The van der Waals surface area contributed by atoms with E-state index in [4.69, 9.17) is 10.5 Å². The van der Waals surface area contributed by atoms with Crippen molar-refractivity contribution in [1.29, 1.82) is 0 Å². The summed E-state index contributed by atoms with van der Waals surface area (Å²) in [6, 6.07) is 2.04. The number of rotatable bonds is 3. The van der Waals surface area contributed by atoms with E-state index in [9.17, 15) is 5.11 Å². The Morgan fingerprint density at radius 3 is 3.08 bits per heavy atom. The van der Waals surface area contributed by atoms with Crippen LogP contribution in [0.15, 0.2) is 6.07 Å². The highest BCUT2D eigenvalue weighted by Crippen LogP contribution is 2.57. The summed E-state index contributed by atoms with van der Waals surface area (Å²) in [6.07, 6.45) is 9.82. The lowest BCUT2D eigenvalue weighted by Gasteiger charge is -2.50. The molecule has 2 atom stereocenters. The number of fused-ring (bicyclic) bond motifs is 5. The van der Waals surface area contributed by atoms with Gasteiger partial charge in [0, 0.05) is 7.05 Å². The summed E-state index contributed by atoms with van der Waals surface area (Å²) in [4.78, 5) is 2.27. The zero-order valence-corrected chi connectivity index (χ0v) is 14.8. The van der Waals surface area contributed by atoms with E-state index in [0.29, 0.717) is 18.1 Å². The quantitative estimate of drug-likeness (QED) is 0.892. The van der Waals surface area contributed by atoms with Crippen LogP contribution in [0, 0.1) is 5.92 Å². The van der Waals surface area contributed by atoms with Crippen molar-refractivity contribution in [3.05, 3.63) is 17.2 Å². The lowest BCUT2D eigenvalue weighted by Crippen LogP contribution is -2.43. The lowest BCUT2D eigenvalue weighted by molar-refractivity contribution is 0.144. The molecule has 24 heavy (non-hydrogen) atoms. The molecule has 1 unspecified atom stereocenters. The first-order valence-electron chi connectivity index (χ1n) is 9.60. The van der Waals surface area contributed by atoms with Gasteiger partial charge in [0.1, 0.15) is 6.61 Å². The van der Waals surface area contributed by atoms with Gasteiger partial charge in [-0.25, -0.2) is 0 Å². The molecule has 1 aromatic rings. The number of phenolic OH excluding ortho intramolecular Hbond substituents is 1. The van der Waals surface area contributed by atoms with Gasteiger partial charge < -0.3 is 20.5 Å². The minimum absolute atomic E-state index is 0.218. The van der Waals surface area contributed by atoms with Crippen molar-refractivity contribution in [2.24, 2.45) is 11.7 Å². The lowest BCUT2D eigenvalue weighted by atomic mass is 9.55. The van der Waals surface area contributed by atoms with E-state index < -0.39 is 0 Å². The third-order valence-electron chi connectivity index (χ3n) is 6.71. The smallest absolute Gasteiger partial charge is 0.184 e. The third-order valence-corrected chi connectivity index (χ3v) is 6.71. The average Bonchev–Trinajstić information content (AvgIpc) is 2.60. The Kier molecular flexibility index (Phi) is 4.11. The van der Waals surface area contributed by atoms with E-state index in [1.807, 2.05) is 6.07 Å². The van der Waals surface area contributed by atoms with E-state index in [0.717, 1.165) is 44.0 Å². The fourth-order valence-corrected chi connectivity index (χ4v) is 5.60. The molecule has 1 fully saturated rings. The maximum atomic E-state index is 10.7. The second-order valence-corrected chi connectivity index (χ2v) is 7.90. The van der Waals surface area contributed by atoms with Crippen molar-refractivity contribution in [2.75, 3.05) is 31.6 Å². The predicted octanol–water partition coefficient (Wildman–Crippen LogP) is 3.33. The van der Waals surface area contributed by atoms with Gasteiger partial charge in [0.25, 0.3) is 0 Å². The molecule has 2 aliphatic carbocycles. The molecule has 4 rings (SSSR count). The molecule has 0 aromatic heterocycles. The fourth-order valence-electron chi connectivity index (χ4n) is 5.60. The van der Waals surface area contributed by atoms with Gasteiger partial charge in [-0.2, -0.15) is 0 Å². The van der Waals surface area contributed by atoms with Crippen LogP contribution in [-0.2, 0) is 11.8 Å². The Labute approximate surface area is 145 Å². The Hall–Kier alpha value is -1.42. The number of aromatic hydroxyl groups is 1. The zero-order chi connectivity index (χ0) is 16.7. The van der Waals surface area contributed by atoms with E-state index in [-0.39, 0.29) is 5.41 Å². The van der Waals surface area contributed by atoms with Crippen LogP contribution in [-0.4, -0.2) is 31.9 Å². The number of nitrogens with two attached hydrogens (primary N) is 1. The van der Waals surface area contributed by atoms with Gasteiger partial charge in [-0.1, -0.05) is 12.8 Å². The molecule has 132 valence electrons. The number of phenols is 1. The predicted molar refractivity (Wildman–Crippen MR) is 97.1 cm³/mol. The number of likely N-dealkylation sites (N-methyl/N-ethyl adjacent to an activating group) is 1. The Morgan fingerprint density at radius 1 is 1.38 bits per heavy atom. The molecule has 0 bridgehead atoms. The summed E-state index contributed by atoms with van der Waals surface area (Å²) in [5.41, 5.74) is 10.1. The minimum atomic E-state index is 0.218. The van der Waals surface area contributed by atoms with Crippen LogP contribution in [0.4, 0.5) is 5.69 Å². The van der Waals surface area contributed by atoms with Crippen LogP contribution in [0.2, 0.25) is 0 Å². The highest BCUT2D eigenvalue weighted by molar-refractivity contribution is 5.73. The normalized spacial score (nSPS) is 28.6. The van der Waals surface area contributed by atoms with Gasteiger partial charge in [-0.05, 0) is 73.6 Å². The molecule has 1 heterocycles. The molecule has 4 nitrogen and oxygen atoms in total. The second-order valence-electron chi connectivity index (χ2n) is 7.90. The molecule has 0 radical (unpaired) electrons. The van der Waals surface area contributed by atoms with Gasteiger partial charge >= 0.3 is 0 Å². The number of hydrogen-bond acceptors (Lipinski definition) is 4. The number of benzene rings is 1. The van der Waals surface area contributed by atoms with Crippen molar-refractivity contribution < 1.29 is 9.84 Å². The van der Waals surface area contributed by atoms with Crippen molar-refractivity contribution in [3.63, 3.8) is 0 Å². The Bertz CT molecular complexity index is 631. The molecule has 1 aliphatic heterocycles. The average molecular weight is 330 g/mol. The van der Waals surface area contributed by atoms with Crippen molar-refractivity contribution in [1.82, 2.24) is 0 Å². The summed E-state index contributed by atoms with van der Waals surface area (Å²) in [7, 11) is 2.13. The SMILES string of the molecule is CN1CCOc2c(O)cc3c(c21)CCC1CCCC[C@@]31CCCN.